The Kier molecular flexibility index (Phi) is 7.62. The first-order valence-electron chi connectivity index (χ1n) is 9.51. The average Bonchev–Trinajstić information content (AvgIpc) is 3.16. The van der Waals surface area contributed by atoms with Crippen LogP contribution in [0.25, 0.3) is 0 Å². The third kappa shape index (κ3) is 5.13. The van der Waals surface area contributed by atoms with Crippen LogP contribution in [-0.4, -0.2) is 62.6 Å². The van der Waals surface area contributed by atoms with Crippen LogP contribution in [0.2, 0.25) is 0 Å². The highest BCUT2D eigenvalue weighted by molar-refractivity contribution is 5.95. The van der Waals surface area contributed by atoms with Crippen molar-refractivity contribution in [1.29, 1.82) is 0 Å². The highest BCUT2D eigenvalue weighted by Crippen LogP contribution is 2.27. The Morgan fingerprint density at radius 3 is 2.57 bits per heavy atom. The van der Waals surface area contributed by atoms with Gasteiger partial charge in [0, 0.05) is 13.1 Å². The second-order valence-electron chi connectivity index (χ2n) is 6.54. The molecule has 0 saturated carbocycles. The first-order chi connectivity index (χ1) is 13.4. The largest absolute Gasteiger partial charge is 0.467 e. The van der Waals surface area contributed by atoms with Crippen LogP contribution >= 0.6 is 0 Å². The van der Waals surface area contributed by atoms with Gasteiger partial charge in [0.05, 0.1) is 31.2 Å². The van der Waals surface area contributed by atoms with E-state index in [0.29, 0.717) is 24.5 Å². The predicted molar refractivity (Wildman–Crippen MR) is 101 cm³/mol. The maximum Gasteiger partial charge on any atom is 0.338 e. The zero-order valence-corrected chi connectivity index (χ0v) is 16.8. The number of hydrogen-bond acceptors (Lipinski definition) is 5. The molecular weight excluding hydrogens is 364 g/mol. The average molecular weight is 393 g/mol. The Morgan fingerprint density at radius 1 is 1.29 bits per heavy atom. The molecule has 2 rings (SSSR count). The van der Waals surface area contributed by atoms with Crippen molar-refractivity contribution in [2.24, 2.45) is 0 Å². The number of carbonyl (C=O) groups excluding carboxylic acids is 3. The van der Waals surface area contributed by atoms with E-state index >= 15 is 0 Å². The summed E-state index contributed by atoms with van der Waals surface area (Å²) in [7, 11) is 1.84. The standard InChI is InChI=1S/C19H28N4O5/c1-5-23(6-2)15(24)12-22(4)11-13-16(18(25)27-7-3)17(21-19(26)20-13)14-9-8-10-28-14/h8-10,17H,5-7,11-12H2,1-4H3,(H2,20,21,26)/p+1/t17-/m0/s1. The molecule has 3 amide bonds. The molecule has 2 heterocycles. The van der Waals surface area contributed by atoms with Gasteiger partial charge >= 0.3 is 12.0 Å². The molecule has 1 aromatic heterocycles. The van der Waals surface area contributed by atoms with Crippen molar-refractivity contribution in [2.75, 3.05) is 39.8 Å². The SMILES string of the molecule is CCOC(=O)C1=C(C[NH+](C)CC(=O)N(CC)CC)NC(=O)N[C@H]1c1ccco1. The minimum Gasteiger partial charge on any atom is -0.467 e. The van der Waals surface area contributed by atoms with Gasteiger partial charge in [0.15, 0.2) is 6.54 Å². The number of ether oxygens (including phenoxy) is 1. The van der Waals surface area contributed by atoms with E-state index in [9.17, 15) is 14.4 Å². The van der Waals surface area contributed by atoms with Gasteiger partial charge in [-0.15, -0.1) is 0 Å². The zero-order valence-electron chi connectivity index (χ0n) is 16.8. The third-order valence-corrected chi connectivity index (χ3v) is 4.52. The lowest BCUT2D eigenvalue weighted by molar-refractivity contribution is -0.866. The summed E-state index contributed by atoms with van der Waals surface area (Å²) in [6.45, 7) is 7.59. The molecule has 0 aromatic carbocycles. The van der Waals surface area contributed by atoms with Gasteiger partial charge in [0.25, 0.3) is 5.91 Å². The molecule has 3 N–H and O–H groups in total. The molecule has 154 valence electrons. The number of quaternary nitrogens is 1. The fraction of sp³-hybridized carbons (Fsp3) is 0.526. The van der Waals surface area contributed by atoms with E-state index in [4.69, 9.17) is 9.15 Å². The summed E-state index contributed by atoms with van der Waals surface area (Å²) in [4.78, 5) is 39.8. The van der Waals surface area contributed by atoms with Crippen LogP contribution in [-0.2, 0) is 14.3 Å². The molecule has 0 spiro atoms. The molecular formula is C19H29N4O5+. The van der Waals surface area contributed by atoms with Gasteiger partial charge in [-0.1, -0.05) is 0 Å². The molecule has 0 radical (unpaired) electrons. The first-order valence-corrected chi connectivity index (χ1v) is 9.51. The highest BCUT2D eigenvalue weighted by atomic mass is 16.5. The van der Waals surface area contributed by atoms with E-state index in [1.54, 1.807) is 24.0 Å². The van der Waals surface area contributed by atoms with Crippen molar-refractivity contribution in [3.05, 3.63) is 35.4 Å². The van der Waals surface area contributed by atoms with Crippen LogP contribution in [0.15, 0.2) is 34.1 Å². The van der Waals surface area contributed by atoms with Gasteiger partial charge in [0.1, 0.15) is 18.3 Å². The Balaban J connectivity index is 2.29. The number of furan rings is 1. The van der Waals surface area contributed by atoms with Crippen LogP contribution in [0.4, 0.5) is 4.79 Å². The lowest BCUT2D eigenvalue weighted by Gasteiger charge is -2.29. The third-order valence-electron chi connectivity index (χ3n) is 4.52. The monoisotopic (exact) mass is 393 g/mol. The van der Waals surface area contributed by atoms with Crippen LogP contribution in [0.5, 0.6) is 0 Å². The topological polar surface area (TPSA) is 105 Å². The van der Waals surface area contributed by atoms with Gasteiger partial charge in [-0.3, -0.25) is 4.79 Å². The fourth-order valence-electron chi connectivity index (χ4n) is 3.19. The summed E-state index contributed by atoms with van der Waals surface area (Å²) in [5.74, 6) is -0.0785. The van der Waals surface area contributed by atoms with E-state index < -0.39 is 18.0 Å². The van der Waals surface area contributed by atoms with E-state index in [1.165, 1.54) is 6.26 Å². The van der Waals surface area contributed by atoms with Crippen molar-refractivity contribution in [3.8, 4) is 0 Å². The van der Waals surface area contributed by atoms with Crippen molar-refractivity contribution in [2.45, 2.75) is 26.8 Å². The maximum atomic E-state index is 12.6. The lowest BCUT2D eigenvalue weighted by atomic mass is 10.00. The van der Waals surface area contributed by atoms with Crippen molar-refractivity contribution >= 4 is 17.9 Å². The van der Waals surface area contributed by atoms with Gasteiger partial charge in [-0.2, -0.15) is 0 Å². The number of nitrogens with one attached hydrogen (secondary N) is 3. The molecule has 0 saturated heterocycles. The molecule has 0 bridgehead atoms. The maximum absolute atomic E-state index is 12.6. The zero-order chi connectivity index (χ0) is 20.7. The number of likely N-dealkylation sites (N-methyl/N-ethyl adjacent to an activating group) is 2. The molecule has 1 unspecified atom stereocenters. The number of nitrogens with zero attached hydrogens (tertiary/aromatic N) is 1. The highest BCUT2D eigenvalue weighted by Gasteiger charge is 2.36. The minimum absolute atomic E-state index is 0.0173. The summed E-state index contributed by atoms with van der Waals surface area (Å²) in [6, 6.07) is 2.19. The summed E-state index contributed by atoms with van der Waals surface area (Å²) in [6.07, 6.45) is 1.48. The Morgan fingerprint density at radius 2 is 2.00 bits per heavy atom. The van der Waals surface area contributed by atoms with E-state index in [-0.39, 0.29) is 31.2 Å². The van der Waals surface area contributed by atoms with Gasteiger partial charge in [-0.25, -0.2) is 9.59 Å². The van der Waals surface area contributed by atoms with Gasteiger partial charge < -0.3 is 29.6 Å². The Labute approximate surface area is 164 Å². The molecule has 0 aliphatic carbocycles. The minimum atomic E-state index is -0.746. The van der Waals surface area contributed by atoms with Gasteiger partial charge in [-0.05, 0) is 32.9 Å². The molecule has 9 heteroatoms. The molecule has 9 nitrogen and oxygen atoms in total. The van der Waals surface area contributed by atoms with E-state index in [1.807, 2.05) is 20.9 Å². The quantitative estimate of drug-likeness (QED) is 0.506. The lowest BCUT2D eigenvalue weighted by Crippen LogP contribution is -3.10. The molecule has 1 aromatic rings. The van der Waals surface area contributed by atoms with Crippen LogP contribution in [0, 0.1) is 0 Å². The number of carbonyl (C=O) groups is 3. The summed E-state index contributed by atoms with van der Waals surface area (Å²) >= 11 is 0. The fourth-order valence-corrected chi connectivity index (χ4v) is 3.19. The molecule has 2 atom stereocenters. The number of rotatable bonds is 9. The van der Waals surface area contributed by atoms with Crippen molar-refractivity contribution in [1.82, 2.24) is 15.5 Å². The number of esters is 1. The van der Waals surface area contributed by atoms with E-state index in [2.05, 4.69) is 10.6 Å². The second-order valence-corrected chi connectivity index (χ2v) is 6.54. The van der Waals surface area contributed by atoms with Crippen molar-refractivity contribution < 1.29 is 28.4 Å². The second kappa shape index (κ2) is 9.93. The molecule has 1 aliphatic rings. The summed E-state index contributed by atoms with van der Waals surface area (Å²) in [5.41, 5.74) is 0.708. The van der Waals surface area contributed by atoms with Crippen LogP contribution in [0.3, 0.4) is 0 Å². The Bertz CT molecular complexity index is 725. The molecule has 28 heavy (non-hydrogen) atoms. The van der Waals surface area contributed by atoms with Crippen molar-refractivity contribution in [3.63, 3.8) is 0 Å². The normalized spacial score (nSPS) is 17.6. The van der Waals surface area contributed by atoms with E-state index in [0.717, 1.165) is 4.90 Å². The van der Waals surface area contributed by atoms with Crippen LogP contribution < -0.4 is 15.5 Å². The first kappa shape index (κ1) is 21.5. The summed E-state index contributed by atoms with van der Waals surface area (Å²) in [5, 5.41) is 5.40. The smallest absolute Gasteiger partial charge is 0.338 e. The Hall–Kier alpha value is -2.81. The predicted octanol–water partition coefficient (Wildman–Crippen LogP) is -0.166. The summed E-state index contributed by atoms with van der Waals surface area (Å²) < 4.78 is 10.6. The van der Waals surface area contributed by atoms with Gasteiger partial charge in [0.2, 0.25) is 0 Å². The number of amides is 3. The number of hydrogen-bond donors (Lipinski definition) is 3. The number of urea groups is 1. The molecule has 0 fully saturated rings. The van der Waals surface area contributed by atoms with Crippen LogP contribution in [0.1, 0.15) is 32.6 Å². The molecule has 1 aliphatic heterocycles.